The van der Waals surface area contributed by atoms with Crippen molar-refractivity contribution in [2.45, 2.75) is 44.7 Å². The highest BCUT2D eigenvalue weighted by Gasteiger charge is 2.45. The first kappa shape index (κ1) is 16.0. The number of nitrogen functional groups attached to an aromatic ring is 1. The van der Waals surface area contributed by atoms with Gasteiger partial charge in [-0.1, -0.05) is 6.42 Å². The lowest BCUT2D eigenvalue weighted by atomic mass is 9.89. The zero-order chi connectivity index (χ0) is 18.9. The summed E-state index contributed by atoms with van der Waals surface area (Å²) in [5.41, 5.74) is 5.87. The average Bonchev–Trinajstić information content (AvgIpc) is 2.91. The molecule has 1 amide bonds. The number of carbonyl (C=O) groups excluding carboxylic acids is 1. The van der Waals surface area contributed by atoms with Crippen LogP contribution in [0.5, 0.6) is 0 Å². The summed E-state index contributed by atoms with van der Waals surface area (Å²) in [4.78, 5) is 46.3. The number of H-pyrrole nitrogens is 1. The van der Waals surface area contributed by atoms with E-state index in [1.54, 1.807) is 17.6 Å². The minimum absolute atomic E-state index is 0.209. The van der Waals surface area contributed by atoms with Crippen LogP contribution in [0.25, 0.3) is 21.8 Å². The van der Waals surface area contributed by atoms with Crippen LogP contribution in [-0.4, -0.2) is 20.4 Å². The summed E-state index contributed by atoms with van der Waals surface area (Å²) in [5, 5.41) is 3.62. The fourth-order valence-electron chi connectivity index (χ4n) is 4.71. The first-order valence-electron chi connectivity index (χ1n) is 9.13. The minimum Gasteiger partial charge on any atom is -0.384 e. The highest BCUT2D eigenvalue weighted by molar-refractivity contribution is 6.03. The van der Waals surface area contributed by atoms with E-state index in [2.05, 4.69) is 15.3 Å². The second kappa shape index (κ2) is 5.18. The first-order chi connectivity index (χ1) is 12.9. The molecule has 3 aromatic rings. The fourth-order valence-corrected chi connectivity index (χ4v) is 4.71. The summed E-state index contributed by atoms with van der Waals surface area (Å²) in [6.45, 7) is 1.72. The Kier molecular flexibility index (Phi) is 3.08. The van der Waals surface area contributed by atoms with Crippen LogP contribution in [0.3, 0.4) is 0 Å². The number of nitrogens with one attached hydrogen (secondary N) is 2. The lowest BCUT2D eigenvalue weighted by Crippen LogP contribution is -2.48. The number of aromatic nitrogens is 3. The van der Waals surface area contributed by atoms with Crippen LogP contribution in [0.15, 0.2) is 21.9 Å². The van der Waals surface area contributed by atoms with Crippen LogP contribution in [0.1, 0.15) is 48.2 Å². The molecular weight excluding hydrogens is 346 g/mol. The predicted octanol–water partition coefficient (Wildman–Crippen LogP) is 1.49. The maximum absolute atomic E-state index is 13.4. The van der Waals surface area contributed by atoms with Crippen LogP contribution >= 0.6 is 0 Å². The Morgan fingerprint density at radius 1 is 1.19 bits per heavy atom. The molecule has 0 aromatic carbocycles. The van der Waals surface area contributed by atoms with Crippen molar-refractivity contribution in [2.75, 3.05) is 5.73 Å². The topological polar surface area (TPSA) is 123 Å². The van der Waals surface area contributed by atoms with Gasteiger partial charge in [-0.05, 0) is 38.2 Å². The van der Waals surface area contributed by atoms with Gasteiger partial charge in [0, 0.05) is 12.3 Å². The Bertz CT molecular complexity index is 1260. The van der Waals surface area contributed by atoms with E-state index in [0.29, 0.717) is 35.0 Å². The molecule has 8 heteroatoms. The largest absolute Gasteiger partial charge is 0.384 e. The van der Waals surface area contributed by atoms with E-state index in [0.717, 1.165) is 19.3 Å². The van der Waals surface area contributed by atoms with Crippen LogP contribution in [0.4, 0.5) is 5.82 Å². The zero-order valence-electron chi connectivity index (χ0n) is 14.9. The lowest BCUT2D eigenvalue weighted by Gasteiger charge is -2.35. The molecule has 0 radical (unpaired) electrons. The smallest absolute Gasteiger partial charge is 0.277 e. The number of fused-ring (bicyclic) bond motifs is 4. The van der Waals surface area contributed by atoms with Gasteiger partial charge in [0.15, 0.2) is 5.43 Å². The first-order valence-corrected chi connectivity index (χ1v) is 9.13. The number of rotatable bonds is 0. The van der Waals surface area contributed by atoms with Crippen LogP contribution in [0.2, 0.25) is 0 Å². The molecule has 1 aliphatic carbocycles. The van der Waals surface area contributed by atoms with E-state index in [4.69, 9.17) is 5.73 Å². The van der Waals surface area contributed by atoms with E-state index in [1.165, 1.54) is 6.20 Å². The van der Waals surface area contributed by atoms with Gasteiger partial charge in [-0.3, -0.25) is 19.0 Å². The fraction of sp³-hybridized carbons (Fsp3) is 0.368. The summed E-state index contributed by atoms with van der Waals surface area (Å²) >= 11 is 0. The molecule has 1 spiro atoms. The Morgan fingerprint density at radius 3 is 2.67 bits per heavy atom. The monoisotopic (exact) mass is 365 g/mol. The molecule has 8 nitrogen and oxygen atoms in total. The Hall–Kier alpha value is -3.16. The number of aryl methyl sites for hydroxylation is 1. The molecule has 0 atom stereocenters. The summed E-state index contributed by atoms with van der Waals surface area (Å²) in [5.74, 6) is -0.0283. The molecule has 1 saturated carbocycles. The molecular formula is C19H19N5O3. The molecule has 4 N–H and O–H groups in total. The molecule has 27 heavy (non-hydrogen) atoms. The maximum atomic E-state index is 13.4. The normalized spacial score (nSPS) is 18.2. The molecule has 4 heterocycles. The number of pyridine rings is 3. The highest BCUT2D eigenvalue weighted by atomic mass is 16.2. The van der Waals surface area contributed by atoms with Gasteiger partial charge in [0.05, 0.1) is 16.3 Å². The van der Waals surface area contributed by atoms with Gasteiger partial charge in [-0.25, -0.2) is 4.98 Å². The molecule has 2 aliphatic rings. The number of hydrogen-bond donors (Lipinski definition) is 3. The minimum atomic E-state index is -0.691. The van der Waals surface area contributed by atoms with Crippen molar-refractivity contribution >= 4 is 33.5 Å². The van der Waals surface area contributed by atoms with Crippen molar-refractivity contribution in [1.29, 1.82) is 0 Å². The highest BCUT2D eigenvalue weighted by Crippen LogP contribution is 2.37. The van der Waals surface area contributed by atoms with E-state index >= 15 is 0 Å². The molecule has 1 aliphatic heterocycles. The standard InChI is InChI=1S/C19H19N5O3/c1-9-13-14(22-11-7-12(20)21-8-10(11)16(13)25)18(27)24-15(9)17(26)23-19(24)5-3-2-4-6-19/h7-8H,2-6H2,1H3,(H2,20,21)(H,22,25)(H,23,26). The molecule has 0 saturated heterocycles. The molecule has 5 rings (SSSR count). The van der Waals surface area contributed by atoms with Gasteiger partial charge < -0.3 is 16.0 Å². The van der Waals surface area contributed by atoms with Crippen molar-refractivity contribution in [1.82, 2.24) is 19.9 Å². The lowest BCUT2D eigenvalue weighted by molar-refractivity contribution is 0.0877. The van der Waals surface area contributed by atoms with Crippen LogP contribution in [0, 0.1) is 6.92 Å². The van der Waals surface area contributed by atoms with Crippen LogP contribution < -0.4 is 22.0 Å². The number of anilines is 1. The third-order valence-corrected chi connectivity index (χ3v) is 5.95. The molecule has 138 valence electrons. The Balaban J connectivity index is 1.97. The van der Waals surface area contributed by atoms with E-state index in [-0.39, 0.29) is 33.6 Å². The van der Waals surface area contributed by atoms with Crippen molar-refractivity contribution in [3.63, 3.8) is 0 Å². The van der Waals surface area contributed by atoms with Gasteiger partial charge >= 0.3 is 0 Å². The van der Waals surface area contributed by atoms with Gasteiger partial charge in [-0.15, -0.1) is 0 Å². The van der Waals surface area contributed by atoms with Crippen molar-refractivity contribution in [3.8, 4) is 0 Å². The SMILES string of the molecule is Cc1c2n(c(=O)c3[nH]c4cc(N)ncc4c(=O)c13)C1(CCCCC1)NC2=O. The second-order valence-corrected chi connectivity index (χ2v) is 7.52. The van der Waals surface area contributed by atoms with Gasteiger partial charge in [0.2, 0.25) is 0 Å². The average molecular weight is 365 g/mol. The summed E-state index contributed by atoms with van der Waals surface area (Å²) in [6, 6.07) is 1.54. The summed E-state index contributed by atoms with van der Waals surface area (Å²) < 4.78 is 1.58. The van der Waals surface area contributed by atoms with Crippen molar-refractivity contribution in [2.24, 2.45) is 0 Å². The molecule has 3 aromatic heterocycles. The zero-order valence-corrected chi connectivity index (χ0v) is 14.9. The van der Waals surface area contributed by atoms with E-state index < -0.39 is 5.66 Å². The molecule has 1 fully saturated rings. The summed E-state index contributed by atoms with van der Waals surface area (Å²) in [6.07, 6.45) is 5.80. The predicted molar refractivity (Wildman–Crippen MR) is 102 cm³/mol. The Labute approximate surface area is 153 Å². The third kappa shape index (κ3) is 1.98. The number of nitrogens with two attached hydrogens (primary N) is 1. The number of aromatic amines is 1. The van der Waals surface area contributed by atoms with E-state index in [1.807, 2.05) is 0 Å². The van der Waals surface area contributed by atoms with Gasteiger partial charge in [-0.2, -0.15) is 0 Å². The van der Waals surface area contributed by atoms with E-state index in [9.17, 15) is 14.4 Å². The molecule has 0 bridgehead atoms. The number of hydrogen-bond acceptors (Lipinski definition) is 5. The number of nitrogens with zero attached hydrogens (tertiary/aromatic N) is 2. The number of carbonyl (C=O) groups is 1. The van der Waals surface area contributed by atoms with Crippen molar-refractivity contribution < 1.29 is 4.79 Å². The molecule has 0 unspecified atom stereocenters. The third-order valence-electron chi connectivity index (χ3n) is 5.95. The van der Waals surface area contributed by atoms with Gasteiger partial charge in [0.25, 0.3) is 11.5 Å². The van der Waals surface area contributed by atoms with Gasteiger partial charge in [0.1, 0.15) is 22.7 Å². The van der Waals surface area contributed by atoms with Crippen LogP contribution in [-0.2, 0) is 5.66 Å². The second-order valence-electron chi connectivity index (χ2n) is 7.52. The Morgan fingerprint density at radius 2 is 1.93 bits per heavy atom. The van der Waals surface area contributed by atoms with Crippen molar-refractivity contribution in [3.05, 3.63) is 44.1 Å². The maximum Gasteiger partial charge on any atom is 0.277 e. The number of amides is 1. The quantitative estimate of drug-likeness (QED) is 0.521. The summed E-state index contributed by atoms with van der Waals surface area (Å²) in [7, 11) is 0.